The number of hydrogen-bond acceptors (Lipinski definition) is 4. The van der Waals surface area contributed by atoms with E-state index in [0.717, 1.165) is 0 Å². The van der Waals surface area contributed by atoms with Crippen LogP contribution in [0.1, 0.15) is 26.3 Å². The molecule has 0 saturated carbocycles. The van der Waals surface area contributed by atoms with E-state index in [1.807, 2.05) is 20.8 Å². The van der Waals surface area contributed by atoms with Gasteiger partial charge < -0.3 is 11.1 Å². The van der Waals surface area contributed by atoms with E-state index in [-0.39, 0.29) is 17.1 Å². The molecule has 4 N–H and O–H groups in total. The summed E-state index contributed by atoms with van der Waals surface area (Å²) >= 11 is 5.90. The quantitative estimate of drug-likeness (QED) is 0.725. The number of nitrogens with one attached hydrogen (secondary N) is 2. The minimum absolute atomic E-state index is 0.0227. The van der Waals surface area contributed by atoms with Crippen LogP contribution >= 0.6 is 11.6 Å². The fraction of sp³-hybridized carbons (Fsp3) is 0.462. The summed E-state index contributed by atoms with van der Waals surface area (Å²) in [5, 5.41) is 2.98. The monoisotopic (exact) mass is 333 g/mol. The summed E-state index contributed by atoms with van der Waals surface area (Å²) in [6.07, 6.45) is 0. The minimum Gasteiger partial charge on any atom is -0.397 e. The van der Waals surface area contributed by atoms with Crippen molar-refractivity contribution in [2.75, 3.05) is 12.3 Å². The first kappa shape index (κ1) is 17.7. The lowest BCUT2D eigenvalue weighted by Gasteiger charge is -2.20. The summed E-state index contributed by atoms with van der Waals surface area (Å²) in [5.41, 5.74) is 5.96. The van der Waals surface area contributed by atoms with Crippen molar-refractivity contribution < 1.29 is 13.2 Å². The number of rotatable bonds is 4. The molecule has 0 saturated heterocycles. The third kappa shape index (κ3) is 5.18. The van der Waals surface area contributed by atoms with Crippen molar-refractivity contribution in [1.29, 1.82) is 0 Å². The number of carbonyl (C=O) groups is 1. The number of nitrogen functional groups attached to an aromatic ring is 1. The van der Waals surface area contributed by atoms with Crippen LogP contribution in [0.25, 0.3) is 0 Å². The van der Waals surface area contributed by atoms with Gasteiger partial charge in [-0.3, -0.25) is 4.79 Å². The predicted octanol–water partition coefficient (Wildman–Crippen LogP) is 1.42. The number of sulfonamides is 1. The highest BCUT2D eigenvalue weighted by Crippen LogP contribution is 2.26. The van der Waals surface area contributed by atoms with E-state index in [4.69, 9.17) is 17.3 Å². The molecule has 6 nitrogen and oxygen atoms in total. The molecule has 0 aliphatic rings. The van der Waals surface area contributed by atoms with Gasteiger partial charge in [0, 0.05) is 5.54 Å². The highest BCUT2D eigenvalue weighted by Gasteiger charge is 2.19. The zero-order valence-electron chi connectivity index (χ0n) is 12.5. The van der Waals surface area contributed by atoms with Crippen LogP contribution in [0.15, 0.2) is 17.0 Å². The third-order valence-electron chi connectivity index (χ3n) is 2.50. The smallest absolute Gasteiger partial charge is 0.241 e. The summed E-state index contributed by atoms with van der Waals surface area (Å²) in [4.78, 5) is 11.6. The number of aryl methyl sites for hydroxylation is 1. The summed E-state index contributed by atoms with van der Waals surface area (Å²) in [5.74, 6) is -0.412. The number of carbonyl (C=O) groups excluding carboxylic acids is 1. The molecular weight excluding hydrogens is 314 g/mol. The Kier molecular flexibility index (Phi) is 5.25. The van der Waals surface area contributed by atoms with Crippen molar-refractivity contribution >= 4 is 33.2 Å². The van der Waals surface area contributed by atoms with Crippen LogP contribution in [0.5, 0.6) is 0 Å². The summed E-state index contributed by atoms with van der Waals surface area (Å²) in [6.45, 7) is 6.74. The summed E-state index contributed by atoms with van der Waals surface area (Å²) < 4.78 is 26.5. The molecule has 21 heavy (non-hydrogen) atoms. The Labute approximate surface area is 130 Å². The SMILES string of the molecule is Cc1cc(S(=O)(=O)NCC(=O)NC(C)(C)C)cc(N)c1Cl. The molecule has 0 unspecified atom stereocenters. The highest BCUT2D eigenvalue weighted by atomic mass is 35.5. The van der Waals surface area contributed by atoms with Crippen molar-refractivity contribution in [1.82, 2.24) is 10.0 Å². The lowest BCUT2D eigenvalue weighted by molar-refractivity contribution is -0.121. The van der Waals surface area contributed by atoms with Crippen molar-refractivity contribution in [3.63, 3.8) is 0 Å². The van der Waals surface area contributed by atoms with E-state index in [1.54, 1.807) is 6.92 Å². The number of halogens is 1. The number of benzene rings is 1. The van der Waals surface area contributed by atoms with Gasteiger partial charge in [0.05, 0.1) is 22.2 Å². The molecule has 1 aromatic carbocycles. The highest BCUT2D eigenvalue weighted by molar-refractivity contribution is 7.89. The normalized spacial score (nSPS) is 12.2. The molecule has 0 bridgehead atoms. The molecule has 0 heterocycles. The lowest BCUT2D eigenvalue weighted by Crippen LogP contribution is -2.45. The van der Waals surface area contributed by atoms with Crippen LogP contribution in [0.2, 0.25) is 5.02 Å². The number of nitrogens with two attached hydrogens (primary N) is 1. The molecule has 0 fully saturated rings. The molecule has 0 radical (unpaired) electrons. The Hall–Kier alpha value is -1.31. The second kappa shape index (κ2) is 6.21. The second-order valence-electron chi connectivity index (χ2n) is 5.77. The average molecular weight is 334 g/mol. The van der Waals surface area contributed by atoms with E-state index in [2.05, 4.69) is 10.0 Å². The van der Waals surface area contributed by atoms with Gasteiger partial charge >= 0.3 is 0 Å². The van der Waals surface area contributed by atoms with Crippen molar-refractivity contribution in [3.8, 4) is 0 Å². The molecular formula is C13H20ClN3O3S. The van der Waals surface area contributed by atoms with Crippen LogP contribution in [0.4, 0.5) is 5.69 Å². The van der Waals surface area contributed by atoms with Crippen LogP contribution in [0.3, 0.4) is 0 Å². The van der Waals surface area contributed by atoms with Crippen molar-refractivity contribution in [2.24, 2.45) is 0 Å². The Balaban J connectivity index is 2.86. The zero-order valence-corrected chi connectivity index (χ0v) is 14.0. The summed E-state index contributed by atoms with van der Waals surface area (Å²) in [7, 11) is -3.82. The standard InChI is InChI=1S/C13H20ClN3O3S/c1-8-5-9(6-10(15)12(8)14)21(19,20)16-7-11(18)17-13(2,3)4/h5-6,16H,7,15H2,1-4H3,(H,17,18). The first-order chi connectivity index (χ1) is 9.42. The van der Waals surface area contributed by atoms with E-state index < -0.39 is 21.5 Å². The Morgan fingerprint density at radius 3 is 2.38 bits per heavy atom. The van der Waals surface area contributed by atoms with Gasteiger partial charge in [0.2, 0.25) is 15.9 Å². The van der Waals surface area contributed by atoms with Gasteiger partial charge in [0.25, 0.3) is 0 Å². The first-order valence-electron chi connectivity index (χ1n) is 6.29. The molecule has 118 valence electrons. The fourth-order valence-electron chi connectivity index (χ4n) is 1.62. The van der Waals surface area contributed by atoms with Crippen LogP contribution < -0.4 is 15.8 Å². The number of hydrogen-bond donors (Lipinski definition) is 3. The molecule has 1 amide bonds. The Bertz CT molecular complexity index is 628. The number of anilines is 1. The Morgan fingerprint density at radius 2 is 1.90 bits per heavy atom. The molecule has 1 aromatic rings. The average Bonchev–Trinajstić information content (AvgIpc) is 2.31. The van der Waals surface area contributed by atoms with Gasteiger partial charge in [-0.05, 0) is 45.4 Å². The molecule has 0 spiro atoms. The maximum absolute atomic E-state index is 12.1. The second-order valence-corrected chi connectivity index (χ2v) is 7.91. The molecule has 0 atom stereocenters. The van der Waals surface area contributed by atoms with E-state index in [9.17, 15) is 13.2 Å². The molecule has 1 rings (SSSR count). The van der Waals surface area contributed by atoms with E-state index in [0.29, 0.717) is 10.6 Å². The maximum atomic E-state index is 12.1. The van der Waals surface area contributed by atoms with E-state index in [1.165, 1.54) is 12.1 Å². The zero-order chi connectivity index (χ0) is 16.4. The maximum Gasteiger partial charge on any atom is 0.241 e. The minimum atomic E-state index is -3.82. The Morgan fingerprint density at radius 1 is 1.33 bits per heavy atom. The van der Waals surface area contributed by atoms with E-state index >= 15 is 0 Å². The molecule has 0 aliphatic carbocycles. The van der Waals surface area contributed by atoms with Gasteiger partial charge in [-0.1, -0.05) is 11.6 Å². The first-order valence-corrected chi connectivity index (χ1v) is 8.15. The lowest BCUT2D eigenvalue weighted by atomic mass is 10.1. The molecule has 0 aliphatic heterocycles. The fourth-order valence-corrected chi connectivity index (χ4v) is 2.84. The largest absolute Gasteiger partial charge is 0.397 e. The van der Waals surface area contributed by atoms with Gasteiger partial charge in [-0.25, -0.2) is 13.1 Å². The summed E-state index contributed by atoms with van der Waals surface area (Å²) in [6, 6.07) is 2.67. The molecule has 8 heteroatoms. The van der Waals surface area contributed by atoms with Gasteiger partial charge in [0.1, 0.15) is 0 Å². The third-order valence-corrected chi connectivity index (χ3v) is 4.40. The molecule has 0 aromatic heterocycles. The number of amides is 1. The van der Waals surface area contributed by atoms with Crippen molar-refractivity contribution in [2.45, 2.75) is 38.1 Å². The van der Waals surface area contributed by atoms with Crippen LogP contribution in [-0.4, -0.2) is 26.4 Å². The van der Waals surface area contributed by atoms with Crippen molar-refractivity contribution in [3.05, 3.63) is 22.7 Å². The van der Waals surface area contributed by atoms with Gasteiger partial charge in [-0.15, -0.1) is 0 Å². The van der Waals surface area contributed by atoms with Crippen LogP contribution in [0, 0.1) is 6.92 Å². The van der Waals surface area contributed by atoms with Gasteiger partial charge in [0.15, 0.2) is 0 Å². The van der Waals surface area contributed by atoms with Crippen LogP contribution in [-0.2, 0) is 14.8 Å². The van der Waals surface area contributed by atoms with Gasteiger partial charge in [-0.2, -0.15) is 0 Å². The topological polar surface area (TPSA) is 101 Å². The predicted molar refractivity (Wildman–Crippen MR) is 83.7 cm³/mol.